The number of ether oxygens (including phenoxy) is 1. The van der Waals surface area contributed by atoms with Crippen molar-refractivity contribution in [2.45, 2.75) is 13.8 Å². The van der Waals surface area contributed by atoms with E-state index >= 15 is 0 Å². The fourth-order valence-electron chi connectivity index (χ4n) is 1.85. The molecule has 106 valence electrons. The summed E-state index contributed by atoms with van der Waals surface area (Å²) in [6.45, 7) is 6.20. The number of benzene rings is 1. The number of likely N-dealkylation sites (N-methyl/N-ethyl adjacent to an activating group) is 1. The third-order valence-corrected chi connectivity index (χ3v) is 3.01. The lowest BCUT2D eigenvalue weighted by molar-refractivity contribution is 0.0697. The van der Waals surface area contributed by atoms with Gasteiger partial charge >= 0.3 is 5.97 Å². The largest absolute Gasteiger partial charge is 0.478 e. The lowest BCUT2D eigenvalue weighted by Crippen LogP contribution is -2.29. The van der Waals surface area contributed by atoms with Gasteiger partial charge in [-0.2, -0.15) is 0 Å². The Morgan fingerprint density at radius 1 is 1.47 bits per heavy atom. The molecule has 0 saturated carbocycles. The first-order valence-corrected chi connectivity index (χ1v) is 6.54. The van der Waals surface area contributed by atoms with Crippen molar-refractivity contribution in [1.29, 1.82) is 0 Å². The van der Waals surface area contributed by atoms with Gasteiger partial charge in [0, 0.05) is 25.4 Å². The van der Waals surface area contributed by atoms with Crippen LogP contribution in [0.5, 0.6) is 0 Å². The van der Waals surface area contributed by atoms with Gasteiger partial charge in [-0.3, -0.25) is 0 Å². The zero-order valence-corrected chi connectivity index (χ0v) is 11.9. The number of hydrogen-bond acceptors (Lipinski definition) is 4. The molecule has 1 aromatic rings. The van der Waals surface area contributed by atoms with Gasteiger partial charge in [0.2, 0.25) is 0 Å². The molecule has 1 rings (SSSR count). The molecule has 0 atom stereocenters. The highest BCUT2D eigenvalue weighted by Gasteiger charge is 2.19. The molecular weight excluding hydrogens is 268 g/mol. The van der Waals surface area contributed by atoms with E-state index in [0.29, 0.717) is 42.7 Å². The van der Waals surface area contributed by atoms with E-state index in [1.807, 2.05) is 18.7 Å². The van der Waals surface area contributed by atoms with Crippen LogP contribution < -0.4 is 10.6 Å². The standard InChI is InChI=1S/C13H19ClN2O3/c1-3-16(5-6-19-4-2)12-10(13(17)18)7-9(15)8-11(12)14/h7-8H,3-6,15H2,1-2H3,(H,17,18). The quantitative estimate of drug-likeness (QED) is 0.595. The van der Waals surface area contributed by atoms with Gasteiger partial charge in [-0.25, -0.2) is 4.79 Å². The van der Waals surface area contributed by atoms with Crippen LogP contribution in [0, 0.1) is 0 Å². The Morgan fingerprint density at radius 3 is 2.68 bits per heavy atom. The first kappa shape index (κ1) is 15.6. The topological polar surface area (TPSA) is 75.8 Å². The number of aromatic carboxylic acids is 1. The molecule has 0 aliphatic rings. The number of nitrogens with zero attached hydrogens (tertiary/aromatic N) is 1. The number of nitrogen functional groups attached to an aromatic ring is 1. The summed E-state index contributed by atoms with van der Waals surface area (Å²) in [7, 11) is 0. The number of halogens is 1. The Bertz CT molecular complexity index is 452. The highest BCUT2D eigenvalue weighted by Crippen LogP contribution is 2.32. The molecule has 0 aliphatic heterocycles. The van der Waals surface area contributed by atoms with Crippen molar-refractivity contribution in [2.75, 3.05) is 36.9 Å². The van der Waals surface area contributed by atoms with E-state index in [-0.39, 0.29) is 5.56 Å². The predicted molar refractivity (Wildman–Crippen MR) is 77.2 cm³/mol. The molecule has 0 fully saturated rings. The molecule has 6 heteroatoms. The Balaban J connectivity index is 3.11. The van der Waals surface area contributed by atoms with Gasteiger partial charge in [0.1, 0.15) is 0 Å². The van der Waals surface area contributed by atoms with Crippen molar-refractivity contribution in [3.8, 4) is 0 Å². The smallest absolute Gasteiger partial charge is 0.337 e. The minimum Gasteiger partial charge on any atom is -0.478 e. The number of carboxylic acid groups (broad SMARTS) is 1. The van der Waals surface area contributed by atoms with Crippen molar-refractivity contribution in [3.63, 3.8) is 0 Å². The average molecular weight is 287 g/mol. The van der Waals surface area contributed by atoms with Gasteiger partial charge in [-0.15, -0.1) is 0 Å². The van der Waals surface area contributed by atoms with Crippen LogP contribution in [-0.2, 0) is 4.74 Å². The van der Waals surface area contributed by atoms with Crippen molar-refractivity contribution in [3.05, 3.63) is 22.7 Å². The van der Waals surface area contributed by atoms with Crippen LogP contribution in [0.1, 0.15) is 24.2 Å². The number of nitrogens with two attached hydrogens (primary N) is 1. The van der Waals surface area contributed by atoms with Gasteiger partial charge in [-0.05, 0) is 26.0 Å². The maximum atomic E-state index is 11.3. The lowest BCUT2D eigenvalue weighted by Gasteiger charge is -2.26. The summed E-state index contributed by atoms with van der Waals surface area (Å²) in [6.07, 6.45) is 0. The Morgan fingerprint density at radius 2 is 2.16 bits per heavy atom. The van der Waals surface area contributed by atoms with Crippen LogP contribution in [-0.4, -0.2) is 37.4 Å². The molecule has 0 unspecified atom stereocenters. The Kier molecular flexibility index (Phi) is 5.92. The summed E-state index contributed by atoms with van der Waals surface area (Å²) in [6, 6.07) is 2.99. The fraction of sp³-hybridized carbons (Fsp3) is 0.462. The number of carbonyl (C=O) groups is 1. The normalized spacial score (nSPS) is 10.5. The van der Waals surface area contributed by atoms with Gasteiger partial charge in [-0.1, -0.05) is 11.6 Å². The van der Waals surface area contributed by atoms with Crippen LogP contribution >= 0.6 is 11.6 Å². The molecule has 0 spiro atoms. The van der Waals surface area contributed by atoms with Crippen molar-refractivity contribution in [1.82, 2.24) is 0 Å². The highest BCUT2D eigenvalue weighted by molar-refractivity contribution is 6.34. The number of rotatable bonds is 7. The summed E-state index contributed by atoms with van der Waals surface area (Å²) >= 11 is 6.14. The fourth-order valence-corrected chi connectivity index (χ4v) is 2.20. The van der Waals surface area contributed by atoms with E-state index in [1.165, 1.54) is 6.07 Å². The zero-order valence-electron chi connectivity index (χ0n) is 11.1. The Labute approximate surface area is 117 Å². The van der Waals surface area contributed by atoms with E-state index in [4.69, 9.17) is 22.1 Å². The second-order valence-electron chi connectivity index (χ2n) is 3.98. The molecule has 0 radical (unpaired) electrons. The molecule has 0 saturated heterocycles. The van der Waals surface area contributed by atoms with Crippen molar-refractivity contribution < 1.29 is 14.6 Å². The SMILES string of the molecule is CCOCCN(CC)c1c(Cl)cc(N)cc1C(=O)O. The van der Waals surface area contributed by atoms with E-state index in [9.17, 15) is 9.90 Å². The monoisotopic (exact) mass is 286 g/mol. The molecule has 0 heterocycles. The van der Waals surface area contributed by atoms with E-state index in [0.717, 1.165) is 0 Å². The molecule has 0 amide bonds. The van der Waals surface area contributed by atoms with Crippen LogP contribution in [0.2, 0.25) is 5.02 Å². The average Bonchev–Trinajstić information content (AvgIpc) is 2.35. The minimum atomic E-state index is -1.04. The molecule has 0 aromatic heterocycles. The van der Waals surface area contributed by atoms with E-state index in [2.05, 4.69) is 0 Å². The number of anilines is 2. The zero-order chi connectivity index (χ0) is 14.4. The third-order valence-electron chi connectivity index (χ3n) is 2.72. The van der Waals surface area contributed by atoms with Crippen LogP contribution in [0.25, 0.3) is 0 Å². The van der Waals surface area contributed by atoms with E-state index < -0.39 is 5.97 Å². The summed E-state index contributed by atoms with van der Waals surface area (Å²) in [5, 5.41) is 9.60. The van der Waals surface area contributed by atoms with Crippen LogP contribution in [0.3, 0.4) is 0 Å². The van der Waals surface area contributed by atoms with Crippen molar-refractivity contribution >= 4 is 28.9 Å². The molecule has 0 bridgehead atoms. The molecule has 1 aromatic carbocycles. The molecule has 19 heavy (non-hydrogen) atoms. The maximum Gasteiger partial charge on any atom is 0.337 e. The third kappa shape index (κ3) is 4.01. The number of carboxylic acids is 1. The highest BCUT2D eigenvalue weighted by atomic mass is 35.5. The van der Waals surface area contributed by atoms with E-state index in [1.54, 1.807) is 6.07 Å². The summed E-state index contributed by atoms with van der Waals surface area (Å²) in [4.78, 5) is 13.2. The van der Waals surface area contributed by atoms with Gasteiger partial charge in [0.05, 0.1) is 22.9 Å². The van der Waals surface area contributed by atoms with Gasteiger partial charge in [0.25, 0.3) is 0 Å². The predicted octanol–water partition coefficient (Wildman–Crippen LogP) is 2.48. The minimum absolute atomic E-state index is 0.114. The van der Waals surface area contributed by atoms with Crippen LogP contribution in [0.4, 0.5) is 11.4 Å². The summed E-state index contributed by atoms with van der Waals surface area (Å²) in [5.41, 5.74) is 6.58. The summed E-state index contributed by atoms with van der Waals surface area (Å²) < 4.78 is 5.29. The van der Waals surface area contributed by atoms with Gasteiger partial charge in [0.15, 0.2) is 0 Å². The molecule has 5 nitrogen and oxygen atoms in total. The maximum absolute atomic E-state index is 11.3. The number of hydrogen-bond donors (Lipinski definition) is 2. The second-order valence-corrected chi connectivity index (χ2v) is 4.39. The first-order chi connectivity index (χ1) is 9.01. The molecular formula is C13H19ClN2O3. The van der Waals surface area contributed by atoms with Crippen LogP contribution in [0.15, 0.2) is 12.1 Å². The first-order valence-electron chi connectivity index (χ1n) is 6.16. The molecule has 3 N–H and O–H groups in total. The second kappa shape index (κ2) is 7.21. The van der Waals surface area contributed by atoms with Gasteiger partial charge < -0.3 is 20.5 Å². The lowest BCUT2D eigenvalue weighted by atomic mass is 10.1. The molecule has 0 aliphatic carbocycles. The summed E-state index contributed by atoms with van der Waals surface area (Å²) in [5.74, 6) is -1.04. The Hall–Kier alpha value is -1.46. The van der Waals surface area contributed by atoms with Crippen molar-refractivity contribution in [2.24, 2.45) is 0 Å².